The molecule has 10 heteroatoms. The van der Waals surface area contributed by atoms with Gasteiger partial charge < -0.3 is 15.7 Å². The average molecular weight is 560 g/mol. The van der Waals surface area contributed by atoms with Crippen LogP contribution in [-0.2, 0) is 0 Å². The number of carbonyl (C=O) groups excluding carboxylic acids is 2. The largest absolute Gasteiger partial charge is 0.506 e. The summed E-state index contributed by atoms with van der Waals surface area (Å²) in [7, 11) is 0. The number of Topliss-reactive ketones (excluding diaryl/α,β-unsaturated/α-hetero) is 1. The highest BCUT2D eigenvalue weighted by Gasteiger charge is 2.45. The molecule has 1 amide bonds. The maximum Gasteiger partial charge on any atom is 0.256 e. The SMILES string of the molecule is CC(=O)c1c(C2CC3CCC(C2)N3C(=O)c2cncc(O)c2)nc2c(-c3ccc(-c4ccccc4)nc3)cnn2c1N. The maximum atomic E-state index is 13.4. The Morgan fingerprint density at radius 1 is 0.952 bits per heavy atom. The van der Waals surface area contributed by atoms with Crippen LogP contribution in [0.15, 0.2) is 73.3 Å². The summed E-state index contributed by atoms with van der Waals surface area (Å²) >= 11 is 0. The number of nitrogen functional groups attached to an aromatic ring is 1. The van der Waals surface area contributed by atoms with Gasteiger partial charge in [0.1, 0.15) is 11.6 Å². The minimum Gasteiger partial charge on any atom is -0.506 e. The van der Waals surface area contributed by atoms with Gasteiger partial charge in [-0.05, 0) is 44.7 Å². The molecule has 2 atom stereocenters. The topological polar surface area (TPSA) is 140 Å². The number of anilines is 1. The van der Waals surface area contributed by atoms with Crippen LogP contribution in [0, 0.1) is 0 Å². The van der Waals surface area contributed by atoms with E-state index in [0.29, 0.717) is 35.3 Å². The third-order valence-corrected chi connectivity index (χ3v) is 8.53. The van der Waals surface area contributed by atoms with Crippen molar-refractivity contribution >= 4 is 23.2 Å². The summed E-state index contributed by atoms with van der Waals surface area (Å²) in [5, 5.41) is 14.3. The van der Waals surface area contributed by atoms with Crippen molar-refractivity contribution in [1.82, 2.24) is 29.5 Å². The third-order valence-electron chi connectivity index (χ3n) is 8.53. The summed E-state index contributed by atoms with van der Waals surface area (Å²) in [6.45, 7) is 1.50. The second kappa shape index (κ2) is 10.1. The molecule has 2 fully saturated rings. The summed E-state index contributed by atoms with van der Waals surface area (Å²) < 4.78 is 1.53. The first-order valence-corrected chi connectivity index (χ1v) is 14.1. The maximum absolute atomic E-state index is 13.4. The zero-order valence-corrected chi connectivity index (χ0v) is 23.0. The first kappa shape index (κ1) is 25.8. The van der Waals surface area contributed by atoms with E-state index < -0.39 is 0 Å². The van der Waals surface area contributed by atoms with Crippen LogP contribution in [0.2, 0.25) is 0 Å². The van der Waals surface area contributed by atoms with Crippen molar-refractivity contribution in [2.75, 3.05) is 5.73 Å². The van der Waals surface area contributed by atoms with E-state index in [0.717, 1.165) is 35.2 Å². The second-order valence-electron chi connectivity index (χ2n) is 11.1. The summed E-state index contributed by atoms with van der Waals surface area (Å²) in [6.07, 6.45) is 9.36. The number of benzene rings is 1. The van der Waals surface area contributed by atoms with Crippen molar-refractivity contribution in [2.45, 2.75) is 50.6 Å². The molecule has 0 radical (unpaired) electrons. The molecule has 42 heavy (non-hydrogen) atoms. The first-order valence-electron chi connectivity index (χ1n) is 14.1. The number of hydrogen-bond acceptors (Lipinski definition) is 8. The van der Waals surface area contributed by atoms with Gasteiger partial charge in [0.05, 0.1) is 34.9 Å². The highest BCUT2D eigenvalue weighted by atomic mass is 16.3. The summed E-state index contributed by atoms with van der Waals surface area (Å²) in [6, 6.07) is 15.3. The Morgan fingerprint density at radius 3 is 2.38 bits per heavy atom. The summed E-state index contributed by atoms with van der Waals surface area (Å²) in [5.41, 5.74) is 12.1. The standard InChI is InChI=1S/C32H29N7O3/c1-18(40)28-29(21-11-23-8-9-24(12-21)38(23)32(42)22-13-25(41)16-34-14-22)37-31-26(17-36-39(31)30(28)33)20-7-10-27(35-15-20)19-5-3-2-4-6-19/h2-7,10,13-17,21,23-24,41H,8-9,11-12,33H2,1H3. The number of piperidine rings is 1. The highest BCUT2D eigenvalue weighted by Crippen LogP contribution is 2.45. The number of amides is 1. The van der Waals surface area contributed by atoms with Gasteiger partial charge in [0.2, 0.25) is 0 Å². The van der Waals surface area contributed by atoms with Gasteiger partial charge in [-0.25, -0.2) is 4.98 Å². The van der Waals surface area contributed by atoms with Crippen molar-refractivity contribution in [3.05, 3.63) is 90.1 Å². The Hall–Kier alpha value is -5.12. The van der Waals surface area contributed by atoms with E-state index in [-0.39, 0.29) is 41.3 Å². The molecule has 10 nitrogen and oxygen atoms in total. The molecular weight excluding hydrogens is 530 g/mol. The Balaban J connectivity index is 1.24. The number of nitrogens with two attached hydrogens (primary N) is 1. The minimum atomic E-state index is -0.167. The fourth-order valence-electron chi connectivity index (χ4n) is 6.65. The molecule has 1 aromatic carbocycles. The van der Waals surface area contributed by atoms with Gasteiger partial charge in [-0.3, -0.25) is 19.6 Å². The highest BCUT2D eigenvalue weighted by molar-refractivity contribution is 6.00. The number of nitrogens with zero attached hydrogens (tertiary/aromatic N) is 6. The number of rotatable bonds is 5. The first-order chi connectivity index (χ1) is 20.4. The van der Waals surface area contributed by atoms with E-state index in [1.165, 1.54) is 29.9 Å². The number of aromatic hydroxyl groups is 1. The molecule has 7 rings (SSSR count). The molecule has 0 saturated carbocycles. The predicted molar refractivity (Wildman–Crippen MR) is 157 cm³/mol. The third kappa shape index (κ3) is 4.27. The van der Waals surface area contributed by atoms with E-state index >= 15 is 0 Å². The lowest BCUT2D eigenvalue weighted by Crippen LogP contribution is -2.46. The van der Waals surface area contributed by atoms with Gasteiger partial charge in [0.15, 0.2) is 11.4 Å². The van der Waals surface area contributed by atoms with Crippen LogP contribution in [0.3, 0.4) is 0 Å². The van der Waals surface area contributed by atoms with Crippen LogP contribution in [0.1, 0.15) is 64.9 Å². The van der Waals surface area contributed by atoms with Crippen LogP contribution in [-0.4, -0.2) is 58.3 Å². The minimum absolute atomic E-state index is 0.0122. The van der Waals surface area contributed by atoms with Crippen LogP contribution in [0.5, 0.6) is 5.75 Å². The van der Waals surface area contributed by atoms with Crippen LogP contribution in [0.25, 0.3) is 28.0 Å². The second-order valence-corrected chi connectivity index (χ2v) is 11.1. The molecule has 4 aromatic heterocycles. The molecule has 2 unspecified atom stereocenters. The van der Waals surface area contributed by atoms with Gasteiger partial charge in [0.25, 0.3) is 5.91 Å². The monoisotopic (exact) mass is 559 g/mol. The molecule has 210 valence electrons. The number of carbonyl (C=O) groups is 2. The number of hydrogen-bond donors (Lipinski definition) is 2. The lowest BCUT2D eigenvalue weighted by Gasteiger charge is -2.39. The normalized spacial score (nSPS) is 19.7. The molecule has 5 aromatic rings. The van der Waals surface area contributed by atoms with Crippen LogP contribution >= 0.6 is 0 Å². The van der Waals surface area contributed by atoms with Crippen LogP contribution < -0.4 is 5.73 Å². The summed E-state index contributed by atoms with van der Waals surface area (Å²) in [4.78, 5) is 42.0. The lowest BCUT2D eigenvalue weighted by atomic mass is 9.85. The molecule has 0 aliphatic carbocycles. The van der Waals surface area contributed by atoms with E-state index in [1.54, 1.807) is 12.4 Å². The number of pyridine rings is 2. The molecule has 2 aliphatic heterocycles. The average Bonchev–Trinajstić information content (AvgIpc) is 3.55. The van der Waals surface area contributed by atoms with E-state index in [4.69, 9.17) is 10.7 Å². The van der Waals surface area contributed by atoms with Gasteiger partial charge in [-0.2, -0.15) is 9.61 Å². The predicted octanol–water partition coefficient (Wildman–Crippen LogP) is 4.89. The molecule has 2 aliphatic rings. The molecular formula is C32H29N7O3. The van der Waals surface area contributed by atoms with Crippen molar-refractivity contribution in [3.63, 3.8) is 0 Å². The molecule has 2 saturated heterocycles. The smallest absolute Gasteiger partial charge is 0.256 e. The Labute approximate surface area is 241 Å². The number of fused-ring (bicyclic) bond motifs is 3. The zero-order valence-electron chi connectivity index (χ0n) is 23.0. The Kier molecular flexibility index (Phi) is 6.18. The van der Waals surface area contributed by atoms with Crippen molar-refractivity contribution in [1.29, 1.82) is 0 Å². The van der Waals surface area contributed by atoms with Crippen molar-refractivity contribution < 1.29 is 14.7 Å². The molecule has 6 heterocycles. The lowest BCUT2D eigenvalue weighted by molar-refractivity contribution is 0.0567. The Morgan fingerprint density at radius 2 is 1.71 bits per heavy atom. The van der Waals surface area contributed by atoms with Gasteiger partial charge in [-0.15, -0.1) is 0 Å². The van der Waals surface area contributed by atoms with Gasteiger partial charge in [-0.1, -0.05) is 36.4 Å². The number of aromatic nitrogens is 5. The zero-order chi connectivity index (χ0) is 29.0. The Bertz CT molecular complexity index is 1820. The van der Waals surface area contributed by atoms with Crippen LogP contribution in [0.4, 0.5) is 5.82 Å². The quantitative estimate of drug-likeness (QED) is 0.290. The fourth-order valence-corrected chi connectivity index (χ4v) is 6.65. The van der Waals surface area contributed by atoms with E-state index in [2.05, 4.69) is 15.1 Å². The van der Waals surface area contributed by atoms with Crippen molar-refractivity contribution in [3.8, 4) is 28.1 Å². The number of ketones is 1. The van der Waals surface area contributed by atoms with Gasteiger partial charge in [0, 0.05) is 47.1 Å². The van der Waals surface area contributed by atoms with E-state index in [9.17, 15) is 14.7 Å². The molecule has 3 N–H and O–H groups in total. The van der Waals surface area contributed by atoms with Gasteiger partial charge >= 0.3 is 0 Å². The molecule has 2 bridgehead atoms. The fraction of sp³-hybridized carbons (Fsp3) is 0.250. The summed E-state index contributed by atoms with van der Waals surface area (Å²) in [5.74, 6) is -0.132. The van der Waals surface area contributed by atoms with Crippen molar-refractivity contribution in [2.24, 2.45) is 0 Å². The van der Waals surface area contributed by atoms with E-state index in [1.807, 2.05) is 47.4 Å². The molecule has 0 spiro atoms.